The first-order chi connectivity index (χ1) is 9.58. The van der Waals surface area contributed by atoms with E-state index in [2.05, 4.69) is 4.98 Å². The maximum absolute atomic E-state index is 12.5. The van der Waals surface area contributed by atoms with Gasteiger partial charge in [-0.25, -0.2) is 0 Å². The number of aromatic nitrogens is 1. The van der Waals surface area contributed by atoms with Gasteiger partial charge in [0.2, 0.25) is 0 Å². The summed E-state index contributed by atoms with van der Waals surface area (Å²) in [6.45, 7) is 0.553. The number of hydrogen-bond donors (Lipinski definition) is 2. The van der Waals surface area contributed by atoms with E-state index in [1.165, 1.54) is 6.07 Å². The predicted molar refractivity (Wildman–Crippen MR) is 78.9 cm³/mol. The van der Waals surface area contributed by atoms with Gasteiger partial charge in [0, 0.05) is 6.54 Å². The SMILES string of the molecule is O=C(c1cc(Cl)c(Cl)[nH]1)N1CCCc2cccc(O)c21. The number of nitrogens with one attached hydrogen (secondary N) is 1. The Labute approximate surface area is 125 Å². The van der Waals surface area contributed by atoms with Gasteiger partial charge in [-0.05, 0) is 30.5 Å². The number of carbonyl (C=O) groups excluding carboxylic acids is 1. The number of amides is 1. The van der Waals surface area contributed by atoms with Gasteiger partial charge in [0.05, 0.1) is 10.7 Å². The van der Waals surface area contributed by atoms with Gasteiger partial charge in [-0.3, -0.25) is 4.79 Å². The van der Waals surface area contributed by atoms with Gasteiger partial charge in [-0.1, -0.05) is 35.3 Å². The normalized spacial score (nSPS) is 14.2. The van der Waals surface area contributed by atoms with E-state index in [4.69, 9.17) is 23.2 Å². The molecule has 1 amide bonds. The lowest BCUT2D eigenvalue weighted by atomic mass is 10.0. The number of H-pyrrole nitrogens is 1. The first-order valence-corrected chi connectivity index (χ1v) is 7.00. The molecule has 0 fully saturated rings. The highest BCUT2D eigenvalue weighted by molar-refractivity contribution is 6.41. The molecule has 0 saturated carbocycles. The molecular weight excluding hydrogens is 299 g/mol. The minimum Gasteiger partial charge on any atom is -0.506 e. The van der Waals surface area contributed by atoms with E-state index in [1.807, 2.05) is 6.07 Å². The lowest BCUT2D eigenvalue weighted by molar-refractivity contribution is 0.0980. The summed E-state index contributed by atoms with van der Waals surface area (Å²) in [5, 5.41) is 10.6. The van der Waals surface area contributed by atoms with Crippen molar-refractivity contribution in [2.45, 2.75) is 12.8 Å². The number of benzene rings is 1. The summed E-state index contributed by atoms with van der Waals surface area (Å²) in [4.78, 5) is 16.9. The number of anilines is 1. The highest BCUT2D eigenvalue weighted by Crippen LogP contribution is 2.36. The van der Waals surface area contributed by atoms with Gasteiger partial charge >= 0.3 is 0 Å². The first-order valence-electron chi connectivity index (χ1n) is 6.24. The van der Waals surface area contributed by atoms with Crippen molar-refractivity contribution >= 4 is 34.8 Å². The molecule has 3 rings (SSSR count). The van der Waals surface area contributed by atoms with Crippen molar-refractivity contribution in [1.29, 1.82) is 0 Å². The molecule has 2 N–H and O–H groups in total. The van der Waals surface area contributed by atoms with Crippen LogP contribution in [-0.2, 0) is 6.42 Å². The monoisotopic (exact) mass is 310 g/mol. The minimum atomic E-state index is -0.249. The van der Waals surface area contributed by atoms with Gasteiger partial charge in [0.15, 0.2) is 0 Å². The van der Waals surface area contributed by atoms with E-state index in [1.54, 1.807) is 17.0 Å². The molecule has 0 atom stereocenters. The van der Waals surface area contributed by atoms with Crippen molar-refractivity contribution in [2.75, 3.05) is 11.4 Å². The number of halogens is 2. The summed E-state index contributed by atoms with van der Waals surface area (Å²) in [5.74, 6) is -0.138. The molecule has 0 radical (unpaired) electrons. The Morgan fingerprint density at radius 1 is 1.35 bits per heavy atom. The molecule has 2 heterocycles. The van der Waals surface area contributed by atoms with Gasteiger partial charge < -0.3 is 15.0 Å². The Kier molecular flexibility index (Phi) is 3.36. The number of nitrogens with zero attached hydrogens (tertiary/aromatic N) is 1. The molecule has 0 saturated heterocycles. The lowest BCUT2D eigenvalue weighted by Gasteiger charge is -2.29. The Balaban J connectivity index is 2.02. The number of hydrogen-bond acceptors (Lipinski definition) is 2. The smallest absolute Gasteiger partial charge is 0.274 e. The Morgan fingerprint density at radius 3 is 2.85 bits per heavy atom. The molecular formula is C14H12Cl2N2O2. The van der Waals surface area contributed by atoms with Crippen molar-refractivity contribution < 1.29 is 9.90 Å². The average Bonchev–Trinajstić information content (AvgIpc) is 2.78. The second-order valence-electron chi connectivity index (χ2n) is 4.69. The van der Waals surface area contributed by atoms with Crippen LogP contribution in [0.5, 0.6) is 5.75 Å². The lowest BCUT2D eigenvalue weighted by Crippen LogP contribution is -2.35. The zero-order valence-electron chi connectivity index (χ0n) is 10.5. The first kappa shape index (κ1) is 13.3. The molecule has 0 spiro atoms. The molecule has 104 valence electrons. The van der Waals surface area contributed by atoms with E-state index in [0.717, 1.165) is 18.4 Å². The van der Waals surface area contributed by atoms with E-state index in [9.17, 15) is 9.90 Å². The van der Waals surface area contributed by atoms with Crippen molar-refractivity contribution in [3.05, 3.63) is 45.7 Å². The number of carbonyl (C=O) groups is 1. The fraction of sp³-hybridized carbons (Fsp3) is 0.214. The highest BCUT2D eigenvalue weighted by Gasteiger charge is 2.27. The number of aromatic amines is 1. The molecule has 1 aliphatic rings. The summed E-state index contributed by atoms with van der Waals surface area (Å²) >= 11 is 11.7. The number of para-hydroxylation sites is 1. The van der Waals surface area contributed by atoms with Crippen LogP contribution in [0, 0.1) is 0 Å². The van der Waals surface area contributed by atoms with E-state index in [-0.39, 0.29) is 16.8 Å². The third-order valence-corrected chi connectivity index (χ3v) is 4.09. The number of phenolic OH excluding ortho intramolecular Hbond substituents is 1. The minimum absolute atomic E-state index is 0.110. The third kappa shape index (κ3) is 2.15. The Hall–Kier alpha value is -1.65. The fourth-order valence-corrected chi connectivity index (χ4v) is 2.81. The Bertz CT molecular complexity index is 662. The predicted octanol–water partition coefficient (Wildman–Crippen LogP) is 3.62. The van der Waals surface area contributed by atoms with Crippen LogP contribution in [0.1, 0.15) is 22.5 Å². The van der Waals surface area contributed by atoms with Gasteiger partial charge in [-0.2, -0.15) is 0 Å². The van der Waals surface area contributed by atoms with Crippen LogP contribution in [0.4, 0.5) is 5.69 Å². The maximum atomic E-state index is 12.5. The topological polar surface area (TPSA) is 56.3 Å². The largest absolute Gasteiger partial charge is 0.506 e. The number of fused-ring (bicyclic) bond motifs is 1. The van der Waals surface area contributed by atoms with Crippen LogP contribution >= 0.6 is 23.2 Å². The number of phenols is 1. The molecule has 1 aliphatic heterocycles. The molecule has 1 aromatic carbocycles. The second-order valence-corrected chi connectivity index (χ2v) is 5.48. The summed E-state index contributed by atoms with van der Waals surface area (Å²) in [6.07, 6.45) is 1.70. The molecule has 20 heavy (non-hydrogen) atoms. The van der Waals surface area contributed by atoms with Crippen LogP contribution in [0.15, 0.2) is 24.3 Å². The second kappa shape index (κ2) is 5.04. The van der Waals surface area contributed by atoms with E-state index in [0.29, 0.717) is 22.9 Å². The van der Waals surface area contributed by atoms with Gasteiger partial charge in [-0.15, -0.1) is 0 Å². The molecule has 0 bridgehead atoms. The van der Waals surface area contributed by atoms with Crippen molar-refractivity contribution in [1.82, 2.24) is 4.98 Å². The summed E-state index contributed by atoms with van der Waals surface area (Å²) in [6, 6.07) is 6.78. The number of aromatic hydroxyl groups is 1. The van der Waals surface area contributed by atoms with Crippen LogP contribution in [0.3, 0.4) is 0 Å². The van der Waals surface area contributed by atoms with E-state index < -0.39 is 0 Å². The zero-order valence-corrected chi connectivity index (χ0v) is 12.0. The van der Waals surface area contributed by atoms with Crippen molar-refractivity contribution in [3.63, 3.8) is 0 Å². The summed E-state index contributed by atoms with van der Waals surface area (Å²) in [5.41, 5.74) is 1.86. The number of aryl methyl sites for hydroxylation is 1. The Morgan fingerprint density at radius 2 is 2.15 bits per heavy atom. The van der Waals surface area contributed by atoms with Gasteiger partial charge in [0.1, 0.15) is 16.6 Å². The standard InChI is InChI=1S/C14H12Cl2N2O2/c15-9-7-10(17-13(9)16)14(20)18-6-2-4-8-3-1-5-11(19)12(8)18/h1,3,5,7,17,19H,2,4,6H2. The maximum Gasteiger partial charge on any atom is 0.274 e. The van der Waals surface area contributed by atoms with E-state index >= 15 is 0 Å². The van der Waals surface area contributed by atoms with Gasteiger partial charge in [0.25, 0.3) is 5.91 Å². The molecule has 0 unspecified atom stereocenters. The quantitative estimate of drug-likeness (QED) is 0.845. The third-order valence-electron chi connectivity index (χ3n) is 3.40. The summed E-state index contributed by atoms with van der Waals surface area (Å²) < 4.78 is 0. The molecule has 2 aromatic rings. The van der Waals surface area contributed by atoms with Crippen LogP contribution in [0.2, 0.25) is 10.2 Å². The van der Waals surface area contributed by atoms with Crippen LogP contribution in [-0.4, -0.2) is 22.5 Å². The van der Waals surface area contributed by atoms with Crippen molar-refractivity contribution in [2.24, 2.45) is 0 Å². The van der Waals surface area contributed by atoms with Crippen molar-refractivity contribution in [3.8, 4) is 5.75 Å². The molecule has 6 heteroatoms. The zero-order chi connectivity index (χ0) is 14.3. The average molecular weight is 311 g/mol. The molecule has 1 aromatic heterocycles. The molecule has 0 aliphatic carbocycles. The fourth-order valence-electron chi connectivity index (χ4n) is 2.50. The number of rotatable bonds is 1. The van der Waals surface area contributed by atoms with Crippen LogP contribution in [0.25, 0.3) is 0 Å². The molecule has 4 nitrogen and oxygen atoms in total. The van der Waals surface area contributed by atoms with Crippen LogP contribution < -0.4 is 4.90 Å². The highest BCUT2D eigenvalue weighted by atomic mass is 35.5. The summed E-state index contributed by atoms with van der Waals surface area (Å²) in [7, 11) is 0.